The molecule has 0 spiro atoms. The zero-order chi connectivity index (χ0) is 15.8. The quantitative estimate of drug-likeness (QED) is 0.681. The van der Waals surface area contributed by atoms with E-state index < -0.39 is 0 Å². The van der Waals surface area contributed by atoms with Crippen molar-refractivity contribution in [1.82, 2.24) is 4.98 Å². The summed E-state index contributed by atoms with van der Waals surface area (Å²) in [6.45, 7) is 12.5. The number of pyridine rings is 1. The zero-order valence-electron chi connectivity index (χ0n) is 13.8. The van der Waals surface area contributed by atoms with Gasteiger partial charge >= 0.3 is 0 Å². The van der Waals surface area contributed by atoms with E-state index in [1.165, 1.54) is 0 Å². The van der Waals surface area contributed by atoms with Crippen molar-refractivity contribution in [3.05, 3.63) is 47.7 Å². The Bertz CT molecular complexity index is 596. The molecule has 0 atom stereocenters. The minimum Gasteiger partial charge on any atom is -0.289 e. The highest BCUT2D eigenvalue weighted by Crippen LogP contribution is 2.41. The second kappa shape index (κ2) is 5.18. The smallest absolute Gasteiger partial charge is 0.186 e. The van der Waals surface area contributed by atoms with Gasteiger partial charge in [0.25, 0.3) is 0 Å². The molecule has 111 valence electrons. The molecule has 0 fully saturated rings. The maximum Gasteiger partial charge on any atom is 0.186 e. The molecule has 0 N–H and O–H groups in total. The number of hydrogen-bond donors (Lipinski definition) is 0. The van der Waals surface area contributed by atoms with Gasteiger partial charge in [-0.1, -0.05) is 47.6 Å². The molecule has 2 nitrogen and oxygen atoms in total. The van der Waals surface area contributed by atoms with Crippen LogP contribution in [0.25, 0.3) is 11.3 Å². The average Bonchev–Trinajstić information content (AvgIpc) is 2.37. The Kier molecular flexibility index (Phi) is 3.83. The average molecular weight is 282 g/mol. The van der Waals surface area contributed by atoms with Crippen LogP contribution in [0.4, 0.5) is 0 Å². The Balaban J connectivity index is 2.75. The van der Waals surface area contributed by atoms with Crippen molar-refractivity contribution < 1.29 is 5.11 Å². The molecule has 2 heteroatoms. The standard InChI is InChI=1S/C19H24NO/c1-18(2,3)14-11-13(16-9-7-8-10-20-16)12-15(17(14)21)19(4,5)6/h7-12H,1-6H3. The summed E-state index contributed by atoms with van der Waals surface area (Å²) in [5, 5.41) is 12.8. The zero-order valence-corrected chi connectivity index (χ0v) is 13.8. The number of benzene rings is 1. The van der Waals surface area contributed by atoms with E-state index in [-0.39, 0.29) is 16.6 Å². The highest BCUT2D eigenvalue weighted by molar-refractivity contribution is 5.66. The molecular weight excluding hydrogens is 258 g/mol. The topological polar surface area (TPSA) is 32.8 Å². The molecule has 0 unspecified atom stereocenters. The van der Waals surface area contributed by atoms with Gasteiger partial charge in [0.2, 0.25) is 0 Å². The lowest BCUT2D eigenvalue weighted by atomic mass is 9.78. The summed E-state index contributed by atoms with van der Waals surface area (Å²) in [7, 11) is 0. The van der Waals surface area contributed by atoms with E-state index in [0.29, 0.717) is 0 Å². The first-order valence-electron chi connectivity index (χ1n) is 7.38. The number of rotatable bonds is 1. The van der Waals surface area contributed by atoms with Gasteiger partial charge in [-0.15, -0.1) is 0 Å². The van der Waals surface area contributed by atoms with Crippen molar-refractivity contribution in [3.8, 4) is 17.0 Å². The van der Waals surface area contributed by atoms with Crippen LogP contribution in [0.15, 0.2) is 36.5 Å². The first kappa shape index (κ1) is 15.6. The summed E-state index contributed by atoms with van der Waals surface area (Å²) in [4.78, 5) is 4.42. The lowest BCUT2D eigenvalue weighted by molar-refractivity contribution is 0.327. The van der Waals surface area contributed by atoms with Gasteiger partial charge in [0, 0.05) is 22.9 Å². The molecule has 1 aromatic heterocycles. The summed E-state index contributed by atoms with van der Waals surface area (Å²) in [6, 6.07) is 9.86. The molecule has 21 heavy (non-hydrogen) atoms. The molecule has 2 rings (SSSR count). The monoisotopic (exact) mass is 282 g/mol. The lowest BCUT2D eigenvalue weighted by Gasteiger charge is -2.26. The van der Waals surface area contributed by atoms with Gasteiger partial charge in [0.05, 0.1) is 5.69 Å². The third-order valence-electron chi connectivity index (χ3n) is 3.67. The van der Waals surface area contributed by atoms with Crippen LogP contribution in [0.2, 0.25) is 0 Å². The normalized spacial score (nSPS) is 12.5. The van der Waals surface area contributed by atoms with Crippen molar-refractivity contribution in [3.63, 3.8) is 0 Å². The molecule has 1 aromatic carbocycles. The Labute approximate surface area is 127 Å². The van der Waals surface area contributed by atoms with E-state index in [1.54, 1.807) is 6.20 Å². The molecule has 0 saturated carbocycles. The van der Waals surface area contributed by atoms with E-state index in [4.69, 9.17) is 0 Å². The molecule has 0 bridgehead atoms. The van der Waals surface area contributed by atoms with Gasteiger partial charge in [0.1, 0.15) is 0 Å². The first-order valence-corrected chi connectivity index (χ1v) is 7.38. The molecule has 0 saturated heterocycles. The number of nitrogens with zero attached hydrogens (tertiary/aromatic N) is 1. The van der Waals surface area contributed by atoms with Gasteiger partial charge in [0.15, 0.2) is 5.75 Å². The molecule has 0 aliphatic rings. The molecule has 0 aliphatic carbocycles. The van der Waals surface area contributed by atoms with Crippen LogP contribution in [0.5, 0.6) is 5.75 Å². The van der Waals surface area contributed by atoms with Crippen LogP contribution in [-0.4, -0.2) is 4.98 Å². The van der Waals surface area contributed by atoms with Crippen molar-refractivity contribution in [2.45, 2.75) is 52.4 Å². The third-order valence-corrected chi connectivity index (χ3v) is 3.67. The highest BCUT2D eigenvalue weighted by atomic mass is 16.3. The van der Waals surface area contributed by atoms with Gasteiger partial charge in [-0.25, -0.2) is 0 Å². The highest BCUT2D eigenvalue weighted by Gasteiger charge is 2.28. The molecule has 0 amide bonds. The second-order valence-electron chi connectivity index (χ2n) is 7.62. The van der Waals surface area contributed by atoms with E-state index in [2.05, 4.69) is 46.5 Å². The van der Waals surface area contributed by atoms with E-state index in [1.807, 2.05) is 30.3 Å². The number of aromatic nitrogens is 1. The van der Waals surface area contributed by atoms with Gasteiger partial charge < -0.3 is 0 Å². The van der Waals surface area contributed by atoms with Crippen LogP contribution in [-0.2, 0) is 15.9 Å². The predicted octanol–water partition coefficient (Wildman–Crippen LogP) is 5.49. The first-order chi connectivity index (χ1) is 9.60. The van der Waals surface area contributed by atoms with Crippen LogP contribution >= 0.6 is 0 Å². The fraction of sp³-hybridized carbons (Fsp3) is 0.421. The number of hydrogen-bond acceptors (Lipinski definition) is 1. The predicted molar refractivity (Wildman–Crippen MR) is 87.2 cm³/mol. The molecule has 2 aromatic rings. The molecule has 0 aliphatic heterocycles. The van der Waals surface area contributed by atoms with Gasteiger partial charge in [-0.2, -0.15) is 0 Å². The fourth-order valence-corrected chi connectivity index (χ4v) is 2.42. The summed E-state index contributed by atoms with van der Waals surface area (Å²) < 4.78 is 0. The lowest BCUT2D eigenvalue weighted by Crippen LogP contribution is -2.17. The third kappa shape index (κ3) is 3.26. The van der Waals surface area contributed by atoms with Crippen LogP contribution in [0.3, 0.4) is 0 Å². The minimum atomic E-state index is -0.179. The Morgan fingerprint density at radius 3 is 1.76 bits per heavy atom. The van der Waals surface area contributed by atoms with Crippen LogP contribution in [0.1, 0.15) is 52.7 Å². The maximum atomic E-state index is 12.8. The van der Waals surface area contributed by atoms with Crippen LogP contribution < -0.4 is 0 Å². The summed E-state index contributed by atoms with van der Waals surface area (Å²) in [5.74, 6) is 0.162. The summed E-state index contributed by atoms with van der Waals surface area (Å²) in [5.41, 5.74) is 3.29. The summed E-state index contributed by atoms with van der Waals surface area (Å²) >= 11 is 0. The second-order valence-corrected chi connectivity index (χ2v) is 7.62. The van der Waals surface area contributed by atoms with Gasteiger partial charge in [-0.05, 0) is 35.1 Å². The summed E-state index contributed by atoms with van der Waals surface area (Å²) in [6.07, 6.45) is 1.79. The minimum absolute atomic E-state index is 0.162. The van der Waals surface area contributed by atoms with Crippen molar-refractivity contribution in [2.75, 3.05) is 0 Å². The van der Waals surface area contributed by atoms with E-state index >= 15 is 0 Å². The SMILES string of the molecule is CC(C)(C)c1cc(-c2ccccn2)cc(C(C)(C)C)c1[O]. The largest absolute Gasteiger partial charge is 0.289 e. The molecular formula is C19H24NO. The van der Waals surface area contributed by atoms with Crippen LogP contribution in [0, 0.1) is 0 Å². The fourth-order valence-electron chi connectivity index (χ4n) is 2.42. The van der Waals surface area contributed by atoms with Gasteiger partial charge in [-0.3, -0.25) is 10.1 Å². The molecule has 1 heterocycles. The Morgan fingerprint density at radius 2 is 1.38 bits per heavy atom. The molecule has 1 radical (unpaired) electrons. The Hall–Kier alpha value is -1.83. The maximum absolute atomic E-state index is 12.8. The van der Waals surface area contributed by atoms with E-state index in [9.17, 15) is 5.11 Å². The van der Waals surface area contributed by atoms with E-state index in [0.717, 1.165) is 22.4 Å². The van der Waals surface area contributed by atoms with Crippen molar-refractivity contribution in [1.29, 1.82) is 0 Å². The van der Waals surface area contributed by atoms with Crippen molar-refractivity contribution in [2.24, 2.45) is 0 Å². The Morgan fingerprint density at radius 1 is 0.857 bits per heavy atom. The van der Waals surface area contributed by atoms with Crippen molar-refractivity contribution >= 4 is 0 Å².